The zero-order chi connectivity index (χ0) is 19.2. The molecular formula is C21H20ClO4P. The third kappa shape index (κ3) is 4.29. The summed E-state index contributed by atoms with van der Waals surface area (Å²) in [4.78, 5) is 0. The van der Waals surface area contributed by atoms with Gasteiger partial charge < -0.3 is 18.9 Å². The molecule has 0 saturated heterocycles. The highest BCUT2D eigenvalue weighted by Gasteiger charge is 2.25. The largest absolute Gasteiger partial charge is 0.496 e. The zero-order valence-electron chi connectivity index (χ0n) is 15.3. The van der Waals surface area contributed by atoms with Gasteiger partial charge in [0.25, 0.3) is 0 Å². The van der Waals surface area contributed by atoms with Gasteiger partial charge >= 0.3 is 0 Å². The van der Waals surface area contributed by atoms with Gasteiger partial charge in [-0.1, -0.05) is 41.6 Å². The van der Waals surface area contributed by atoms with Gasteiger partial charge in [-0.15, -0.1) is 0 Å². The Labute approximate surface area is 165 Å². The molecule has 1 atom stereocenters. The Balaban J connectivity index is 2.05. The summed E-state index contributed by atoms with van der Waals surface area (Å²) in [6.45, 7) is 0. The van der Waals surface area contributed by atoms with Crippen molar-refractivity contribution in [3.63, 3.8) is 0 Å². The molecule has 0 radical (unpaired) electrons. The molecule has 0 aliphatic carbocycles. The van der Waals surface area contributed by atoms with Crippen molar-refractivity contribution in [1.29, 1.82) is 0 Å². The molecular weight excluding hydrogens is 383 g/mol. The summed E-state index contributed by atoms with van der Waals surface area (Å²) in [7, 11) is 3.48. The molecule has 27 heavy (non-hydrogen) atoms. The second-order valence-electron chi connectivity index (χ2n) is 5.54. The molecule has 140 valence electrons. The SMILES string of the molecule is COc1cc(OC)c(P(Cl)c2ccccc2Oc2ccccc2)c(OC)c1. The lowest BCUT2D eigenvalue weighted by Gasteiger charge is -2.20. The summed E-state index contributed by atoms with van der Waals surface area (Å²) < 4.78 is 22.5. The number of rotatable bonds is 7. The first-order chi connectivity index (χ1) is 13.2. The minimum absolute atomic E-state index is 0.613. The van der Waals surface area contributed by atoms with Crippen LogP contribution < -0.4 is 29.6 Å². The Bertz CT molecular complexity index is 877. The number of hydrogen-bond donors (Lipinski definition) is 0. The van der Waals surface area contributed by atoms with E-state index in [9.17, 15) is 0 Å². The molecule has 3 aromatic rings. The van der Waals surface area contributed by atoms with Crippen molar-refractivity contribution >= 4 is 29.1 Å². The molecule has 0 aliphatic rings. The van der Waals surface area contributed by atoms with Crippen LogP contribution in [0.3, 0.4) is 0 Å². The molecule has 0 aromatic heterocycles. The van der Waals surface area contributed by atoms with Crippen LogP contribution in [0.1, 0.15) is 0 Å². The molecule has 0 bridgehead atoms. The number of ether oxygens (including phenoxy) is 4. The van der Waals surface area contributed by atoms with Crippen molar-refractivity contribution in [2.75, 3.05) is 21.3 Å². The quantitative estimate of drug-likeness (QED) is 0.516. The van der Waals surface area contributed by atoms with Crippen LogP contribution in [0.15, 0.2) is 66.7 Å². The molecule has 3 aromatic carbocycles. The van der Waals surface area contributed by atoms with Crippen LogP contribution in [-0.2, 0) is 0 Å². The Morgan fingerprint density at radius 3 is 1.85 bits per heavy atom. The molecule has 1 unspecified atom stereocenters. The highest BCUT2D eigenvalue weighted by atomic mass is 35.7. The van der Waals surface area contributed by atoms with E-state index >= 15 is 0 Å². The standard InChI is InChI=1S/C21H20ClO4P/c1-23-16-13-18(24-2)21(19(14-16)25-3)27(22)20-12-8-7-11-17(20)26-15-9-5-4-6-10-15/h4-14H,1-3H3. The highest BCUT2D eigenvalue weighted by Crippen LogP contribution is 2.48. The van der Waals surface area contributed by atoms with E-state index in [0.29, 0.717) is 23.0 Å². The Morgan fingerprint density at radius 1 is 0.667 bits per heavy atom. The van der Waals surface area contributed by atoms with Crippen LogP contribution >= 0.6 is 18.5 Å². The molecule has 6 heteroatoms. The summed E-state index contributed by atoms with van der Waals surface area (Å²) in [5.41, 5.74) is 0. The van der Waals surface area contributed by atoms with E-state index in [0.717, 1.165) is 16.4 Å². The van der Waals surface area contributed by atoms with Gasteiger partial charge in [-0.3, -0.25) is 0 Å². The lowest BCUT2D eigenvalue weighted by atomic mass is 10.3. The number of para-hydroxylation sites is 2. The average molecular weight is 403 g/mol. The Morgan fingerprint density at radius 2 is 1.26 bits per heavy atom. The molecule has 3 rings (SSSR count). The van der Waals surface area contributed by atoms with Crippen molar-refractivity contribution < 1.29 is 18.9 Å². The topological polar surface area (TPSA) is 36.9 Å². The van der Waals surface area contributed by atoms with Crippen molar-refractivity contribution in [1.82, 2.24) is 0 Å². The van der Waals surface area contributed by atoms with Gasteiger partial charge in [0.1, 0.15) is 28.7 Å². The predicted molar refractivity (Wildman–Crippen MR) is 111 cm³/mol. The minimum Gasteiger partial charge on any atom is -0.496 e. The van der Waals surface area contributed by atoms with Crippen LogP contribution in [0.5, 0.6) is 28.7 Å². The lowest BCUT2D eigenvalue weighted by molar-refractivity contribution is 0.380. The second kappa shape index (κ2) is 8.98. The fourth-order valence-corrected chi connectivity index (χ4v) is 5.01. The van der Waals surface area contributed by atoms with E-state index in [2.05, 4.69) is 0 Å². The number of methoxy groups -OCH3 is 3. The third-order valence-corrected chi connectivity index (χ3v) is 6.61. The minimum atomic E-state index is -1.32. The van der Waals surface area contributed by atoms with Crippen LogP contribution in [-0.4, -0.2) is 21.3 Å². The Hall–Kier alpha value is -2.42. The van der Waals surface area contributed by atoms with Gasteiger partial charge in [0, 0.05) is 17.4 Å². The predicted octanol–water partition coefficient (Wildman–Crippen LogP) is 5.09. The number of benzene rings is 3. The average Bonchev–Trinajstić information content (AvgIpc) is 2.73. The summed E-state index contributed by atoms with van der Waals surface area (Å²) >= 11 is 6.95. The van der Waals surface area contributed by atoms with Gasteiger partial charge in [-0.2, -0.15) is 0 Å². The van der Waals surface area contributed by atoms with Gasteiger partial charge in [-0.25, -0.2) is 0 Å². The van der Waals surface area contributed by atoms with Gasteiger partial charge in [0.05, 0.1) is 33.9 Å². The lowest BCUT2D eigenvalue weighted by Crippen LogP contribution is -2.15. The monoisotopic (exact) mass is 402 g/mol. The van der Waals surface area contributed by atoms with Crippen LogP contribution in [0.4, 0.5) is 0 Å². The maximum atomic E-state index is 6.95. The third-order valence-electron chi connectivity index (χ3n) is 3.93. The summed E-state index contributed by atoms with van der Waals surface area (Å²) in [5.74, 6) is 3.31. The van der Waals surface area contributed by atoms with Crippen molar-refractivity contribution in [3.8, 4) is 28.7 Å². The van der Waals surface area contributed by atoms with Crippen molar-refractivity contribution in [2.45, 2.75) is 0 Å². The second-order valence-corrected chi connectivity index (χ2v) is 8.05. The molecule has 0 N–H and O–H groups in total. The summed E-state index contributed by atoms with van der Waals surface area (Å²) in [6, 6.07) is 20.9. The maximum absolute atomic E-state index is 6.95. The van der Waals surface area contributed by atoms with E-state index in [1.807, 2.05) is 54.6 Å². The fraction of sp³-hybridized carbons (Fsp3) is 0.143. The van der Waals surface area contributed by atoms with Crippen LogP contribution in [0.2, 0.25) is 0 Å². The molecule has 0 aliphatic heterocycles. The van der Waals surface area contributed by atoms with E-state index < -0.39 is 7.27 Å². The zero-order valence-corrected chi connectivity index (χ0v) is 17.0. The first kappa shape index (κ1) is 19.3. The van der Waals surface area contributed by atoms with Gasteiger partial charge in [0.15, 0.2) is 0 Å². The number of halogens is 1. The normalized spacial score (nSPS) is 11.6. The van der Waals surface area contributed by atoms with E-state index in [-0.39, 0.29) is 0 Å². The number of hydrogen-bond acceptors (Lipinski definition) is 4. The summed E-state index contributed by atoms with van der Waals surface area (Å²) in [6.07, 6.45) is 0. The van der Waals surface area contributed by atoms with E-state index in [4.69, 9.17) is 30.2 Å². The van der Waals surface area contributed by atoms with Gasteiger partial charge in [-0.05, 0) is 24.3 Å². The molecule has 0 saturated carbocycles. The molecule has 0 heterocycles. The van der Waals surface area contributed by atoms with Crippen molar-refractivity contribution in [2.24, 2.45) is 0 Å². The molecule has 0 amide bonds. The molecule has 4 nitrogen and oxygen atoms in total. The first-order valence-corrected chi connectivity index (χ1v) is 10.5. The van der Waals surface area contributed by atoms with Crippen LogP contribution in [0, 0.1) is 0 Å². The maximum Gasteiger partial charge on any atom is 0.136 e. The van der Waals surface area contributed by atoms with Gasteiger partial charge in [0.2, 0.25) is 0 Å². The molecule has 0 fully saturated rings. The highest BCUT2D eigenvalue weighted by molar-refractivity contribution is 7.96. The molecule has 0 spiro atoms. The summed E-state index contributed by atoms with van der Waals surface area (Å²) in [5, 5.41) is 1.65. The van der Waals surface area contributed by atoms with Crippen LogP contribution in [0.25, 0.3) is 0 Å². The van der Waals surface area contributed by atoms with Crippen molar-refractivity contribution in [3.05, 3.63) is 66.7 Å². The smallest absolute Gasteiger partial charge is 0.136 e. The first-order valence-electron chi connectivity index (χ1n) is 8.25. The Kier molecular flexibility index (Phi) is 6.44. The fourth-order valence-electron chi connectivity index (χ4n) is 2.62. The van der Waals surface area contributed by atoms with E-state index in [1.54, 1.807) is 33.5 Å². The van der Waals surface area contributed by atoms with E-state index in [1.165, 1.54) is 0 Å².